The molecule has 144 valence electrons. The fourth-order valence-corrected chi connectivity index (χ4v) is 3.14. The van der Waals surface area contributed by atoms with Gasteiger partial charge in [-0.05, 0) is 24.3 Å². The van der Waals surface area contributed by atoms with Crippen LogP contribution in [0.1, 0.15) is 25.6 Å². The first-order chi connectivity index (χ1) is 13.5. The van der Waals surface area contributed by atoms with E-state index in [1.165, 1.54) is 12.1 Å². The molecule has 0 saturated carbocycles. The first-order valence-electron chi connectivity index (χ1n) is 8.93. The van der Waals surface area contributed by atoms with Crippen LogP contribution in [0, 0.1) is 11.6 Å². The predicted octanol–water partition coefficient (Wildman–Crippen LogP) is 3.02. The Hall–Kier alpha value is -3.20. The van der Waals surface area contributed by atoms with E-state index >= 15 is 0 Å². The van der Waals surface area contributed by atoms with Crippen LogP contribution in [0.25, 0.3) is 28.2 Å². The minimum Gasteiger partial charge on any atom is -0.329 e. The van der Waals surface area contributed by atoms with Gasteiger partial charge in [0.15, 0.2) is 11.5 Å². The summed E-state index contributed by atoms with van der Waals surface area (Å²) in [7, 11) is 0. The lowest BCUT2D eigenvalue weighted by Crippen LogP contribution is -2.12. The summed E-state index contributed by atoms with van der Waals surface area (Å²) in [6.07, 6.45) is 1.61. The van der Waals surface area contributed by atoms with E-state index in [1.807, 2.05) is 13.8 Å². The smallest absolute Gasteiger partial charge is 0.177 e. The van der Waals surface area contributed by atoms with Crippen molar-refractivity contribution in [3.05, 3.63) is 54.0 Å². The normalized spacial score (nSPS) is 11.6. The molecule has 0 fully saturated rings. The predicted molar refractivity (Wildman–Crippen MR) is 100 cm³/mol. The molecule has 3 aromatic heterocycles. The van der Waals surface area contributed by atoms with Gasteiger partial charge in [-0.1, -0.05) is 13.8 Å². The summed E-state index contributed by atoms with van der Waals surface area (Å²) in [6.45, 7) is 4.72. The number of hydrogen-bond donors (Lipinski definition) is 1. The number of rotatable bonds is 5. The van der Waals surface area contributed by atoms with Gasteiger partial charge in [0.25, 0.3) is 0 Å². The van der Waals surface area contributed by atoms with Crippen molar-refractivity contribution in [2.75, 3.05) is 6.54 Å². The van der Waals surface area contributed by atoms with E-state index in [-0.39, 0.29) is 11.5 Å². The summed E-state index contributed by atoms with van der Waals surface area (Å²) >= 11 is 0. The Morgan fingerprint density at radius 2 is 1.89 bits per heavy atom. The molecular weight excluding hydrogens is 364 g/mol. The van der Waals surface area contributed by atoms with Gasteiger partial charge < -0.3 is 5.73 Å². The van der Waals surface area contributed by atoms with Gasteiger partial charge in [-0.25, -0.2) is 8.78 Å². The summed E-state index contributed by atoms with van der Waals surface area (Å²) in [5, 5.41) is 17.3. The zero-order valence-corrected chi connectivity index (χ0v) is 15.5. The van der Waals surface area contributed by atoms with Crippen LogP contribution in [0.4, 0.5) is 8.78 Å². The Balaban J connectivity index is 1.93. The minimum absolute atomic E-state index is 0.131. The number of nitrogens with zero attached hydrogens (tertiary/aromatic N) is 6. The van der Waals surface area contributed by atoms with E-state index in [0.29, 0.717) is 35.7 Å². The number of halogens is 2. The summed E-state index contributed by atoms with van der Waals surface area (Å²) in [4.78, 5) is 0. The topological polar surface area (TPSA) is 86.9 Å². The Morgan fingerprint density at radius 3 is 2.61 bits per heavy atom. The van der Waals surface area contributed by atoms with Crippen molar-refractivity contribution in [3.8, 4) is 22.5 Å². The highest BCUT2D eigenvalue weighted by molar-refractivity contribution is 5.79. The quantitative estimate of drug-likeness (QED) is 0.572. The van der Waals surface area contributed by atoms with Gasteiger partial charge in [-0.3, -0.25) is 4.68 Å². The Labute approximate surface area is 159 Å². The fourth-order valence-electron chi connectivity index (χ4n) is 3.14. The van der Waals surface area contributed by atoms with Crippen molar-refractivity contribution in [2.24, 2.45) is 5.73 Å². The molecule has 4 rings (SSSR count). The van der Waals surface area contributed by atoms with Crippen LogP contribution in [-0.2, 0) is 6.54 Å². The van der Waals surface area contributed by atoms with E-state index in [4.69, 9.17) is 5.73 Å². The summed E-state index contributed by atoms with van der Waals surface area (Å²) in [5.41, 5.74) is 8.22. The van der Waals surface area contributed by atoms with Crippen molar-refractivity contribution < 1.29 is 8.78 Å². The molecule has 2 N–H and O–H groups in total. The maximum atomic E-state index is 14.5. The van der Waals surface area contributed by atoms with Gasteiger partial charge >= 0.3 is 0 Å². The van der Waals surface area contributed by atoms with E-state index < -0.39 is 11.6 Å². The Kier molecular flexibility index (Phi) is 4.60. The number of benzene rings is 1. The highest BCUT2D eigenvalue weighted by Gasteiger charge is 2.20. The third kappa shape index (κ3) is 3.03. The Morgan fingerprint density at radius 1 is 1.07 bits per heavy atom. The molecule has 0 bridgehead atoms. The van der Waals surface area contributed by atoms with Gasteiger partial charge in [0.05, 0.1) is 24.1 Å². The zero-order valence-electron chi connectivity index (χ0n) is 15.5. The molecule has 7 nitrogen and oxygen atoms in total. The average molecular weight is 383 g/mol. The second-order valence-electron chi connectivity index (χ2n) is 6.74. The molecule has 0 aliphatic carbocycles. The lowest BCUT2D eigenvalue weighted by molar-refractivity contribution is 0.580. The van der Waals surface area contributed by atoms with E-state index in [2.05, 4.69) is 20.4 Å². The molecule has 0 amide bonds. The van der Waals surface area contributed by atoms with Gasteiger partial charge in [-0.15, -0.1) is 10.2 Å². The molecule has 3 heterocycles. The molecular formula is C19H19F2N7. The zero-order chi connectivity index (χ0) is 19.8. The molecule has 9 heteroatoms. The van der Waals surface area contributed by atoms with Crippen LogP contribution in [0.15, 0.2) is 36.5 Å². The summed E-state index contributed by atoms with van der Waals surface area (Å²) in [6, 6.07) is 7.05. The third-order valence-corrected chi connectivity index (χ3v) is 4.45. The lowest BCUT2D eigenvalue weighted by atomic mass is 10.0. The van der Waals surface area contributed by atoms with Crippen LogP contribution in [0.3, 0.4) is 0 Å². The van der Waals surface area contributed by atoms with Crippen molar-refractivity contribution in [1.82, 2.24) is 29.6 Å². The molecule has 28 heavy (non-hydrogen) atoms. The third-order valence-electron chi connectivity index (χ3n) is 4.45. The number of hydrogen-bond acceptors (Lipinski definition) is 5. The molecule has 0 saturated heterocycles. The molecule has 0 atom stereocenters. The first kappa shape index (κ1) is 18.2. The van der Waals surface area contributed by atoms with Gasteiger partial charge in [0, 0.05) is 29.7 Å². The van der Waals surface area contributed by atoms with Gasteiger partial charge in [-0.2, -0.15) is 14.7 Å². The molecule has 0 radical (unpaired) electrons. The monoisotopic (exact) mass is 383 g/mol. The molecule has 0 spiro atoms. The fraction of sp³-hybridized carbons (Fsp3) is 0.263. The standard InChI is InChI=1S/C19H19F2N7/c1-11(2)19-25-24-17-6-5-16(26-28(17)19)14-10-23-27(8-7-22)18(14)13-4-3-12(20)9-15(13)21/h3-6,9-11H,7-8,22H2,1-2H3. The molecule has 4 aromatic rings. The summed E-state index contributed by atoms with van der Waals surface area (Å²) in [5.74, 6) is -0.459. The van der Waals surface area contributed by atoms with Crippen molar-refractivity contribution in [3.63, 3.8) is 0 Å². The number of aromatic nitrogens is 6. The SMILES string of the molecule is CC(C)c1nnc2ccc(-c3cnn(CCN)c3-c3ccc(F)cc3F)nn12. The largest absolute Gasteiger partial charge is 0.329 e. The highest BCUT2D eigenvalue weighted by Crippen LogP contribution is 2.33. The van der Waals surface area contributed by atoms with Crippen molar-refractivity contribution in [2.45, 2.75) is 26.3 Å². The Bertz CT molecular complexity index is 1150. The highest BCUT2D eigenvalue weighted by atomic mass is 19.1. The lowest BCUT2D eigenvalue weighted by Gasteiger charge is -2.11. The molecule has 0 aliphatic heterocycles. The van der Waals surface area contributed by atoms with Gasteiger partial charge in [0.1, 0.15) is 11.6 Å². The van der Waals surface area contributed by atoms with Gasteiger partial charge in [0.2, 0.25) is 0 Å². The van der Waals surface area contributed by atoms with E-state index in [9.17, 15) is 8.78 Å². The van der Waals surface area contributed by atoms with E-state index in [0.717, 1.165) is 11.9 Å². The number of nitrogens with two attached hydrogens (primary N) is 1. The van der Waals surface area contributed by atoms with Crippen LogP contribution in [0.2, 0.25) is 0 Å². The van der Waals surface area contributed by atoms with Crippen LogP contribution in [0.5, 0.6) is 0 Å². The summed E-state index contributed by atoms with van der Waals surface area (Å²) < 4.78 is 31.2. The van der Waals surface area contributed by atoms with Crippen molar-refractivity contribution in [1.29, 1.82) is 0 Å². The maximum Gasteiger partial charge on any atom is 0.177 e. The minimum atomic E-state index is -0.673. The van der Waals surface area contributed by atoms with Crippen molar-refractivity contribution >= 4 is 5.65 Å². The second-order valence-corrected chi connectivity index (χ2v) is 6.74. The average Bonchev–Trinajstić information content (AvgIpc) is 3.26. The maximum absolute atomic E-state index is 14.5. The van der Waals surface area contributed by atoms with E-state index in [1.54, 1.807) is 27.5 Å². The van der Waals surface area contributed by atoms with Crippen LogP contribution in [-0.4, -0.2) is 36.1 Å². The second kappa shape index (κ2) is 7.08. The first-order valence-corrected chi connectivity index (χ1v) is 8.93. The molecule has 1 aromatic carbocycles. The number of fused-ring (bicyclic) bond motifs is 1. The van der Waals surface area contributed by atoms with Crippen LogP contribution < -0.4 is 5.73 Å². The van der Waals surface area contributed by atoms with Crippen LogP contribution >= 0.6 is 0 Å². The molecule has 0 aliphatic rings. The molecule has 0 unspecified atom stereocenters.